The van der Waals surface area contributed by atoms with Gasteiger partial charge in [0.05, 0.1) is 33.8 Å². The van der Waals surface area contributed by atoms with Crippen molar-refractivity contribution < 1.29 is 13.2 Å². The summed E-state index contributed by atoms with van der Waals surface area (Å²) >= 11 is 1.21. The van der Waals surface area contributed by atoms with E-state index in [1.807, 2.05) is 51.1 Å². The number of aryl methyl sites for hydroxylation is 1. The van der Waals surface area contributed by atoms with Gasteiger partial charge in [-0.25, -0.2) is 13.4 Å². The molecule has 1 unspecified atom stereocenters. The maximum absolute atomic E-state index is 13.4. The van der Waals surface area contributed by atoms with Crippen LogP contribution in [0.25, 0.3) is 16.6 Å². The van der Waals surface area contributed by atoms with E-state index in [2.05, 4.69) is 0 Å². The van der Waals surface area contributed by atoms with E-state index in [0.29, 0.717) is 34.7 Å². The summed E-state index contributed by atoms with van der Waals surface area (Å²) in [4.78, 5) is 33.1. The van der Waals surface area contributed by atoms with Gasteiger partial charge < -0.3 is 4.90 Å². The molecule has 7 nitrogen and oxygen atoms in total. The van der Waals surface area contributed by atoms with Crippen molar-refractivity contribution in [2.45, 2.75) is 38.4 Å². The lowest BCUT2D eigenvalue weighted by molar-refractivity contribution is -0.130. The molecule has 34 heavy (non-hydrogen) atoms. The van der Waals surface area contributed by atoms with Gasteiger partial charge in [-0.15, -0.1) is 0 Å². The standard InChI is InChI=1S/C25H29N3O4S2/c1-17(2)14-27(20-12-13-34(31,32)16-20)23(29)15-33-25-26-22-7-5-4-6-21(22)24(30)28(25)19-10-8-18(3)9-11-19/h4-11,17,20H,12-16H2,1-3H3. The second kappa shape index (κ2) is 9.92. The summed E-state index contributed by atoms with van der Waals surface area (Å²) in [7, 11) is -3.11. The summed E-state index contributed by atoms with van der Waals surface area (Å²) in [6.07, 6.45) is 0.466. The van der Waals surface area contributed by atoms with E-state index in [-0.39, 0.29) is 40.7 Å². The molecule has 4 rings (SSSR count). The third-order valence-corrected chi connectivity index (χ3v) is 8.57. The van der Waals surface area contributed by atoms with Crippen molar-refractivity contribution >= 4 is 38.4 Å². The van der Waals surface area contributed by atoms with Crippen molar-refractivity contribution in [2.24, 2.45) is 5.92 Å². The Morgan fingerprint density at radius 1 is 1.18 bits per heavy atom. The van der Waals surface area contributed by atoms with Crippen LogP contribution in [0, 0.1) is 12.8 Å². The first-order valence-electron chi connectivity index (χ1n) is 11.4. The minimum absolute atomic E-state index is 0.0123. The van der Waals surface area contributed by atoms with Crippen LogP contribution in [0.1, 0.15) is 25.8 Å². The van der Waals surface area contributed by atoms with Crippen molar-refractivity contribution in [3.8, 4) is 5.69 Å². The zero-order valence-electron chi connectivity index (χ0n) is 19.6. The number of hydrogen-bond acceptors (Lipinski definition) is 6. The zero-order valence-corrected chi connectivity index (χ0v) is 21.2. The number of sulfone groups is 1. The van der Waals surface area contributed by atoms with Crippen LogP contribution in [-0.2, 0) is 14.6 Å². The van der Waals surface area contributed by atoms with Crippen LogP contribution < -0.4 is 5.56 Å². The lowest BCUT2D eigenvalue weighted by Crippen LogP contribution is -2.44. The van der Waals surface area contributed by atoms with Gasteiger partial charge in [-0.2, -0.15) is 0 Å². The lowest BCUT2D eigenvalue weighted by atomic mass is 10.1. The van der Waals surface area contributed by atoms with Crippen LogP contribution >= 0.6 is 11.8 Å². The Morgan fingerprint density at radius 2 is 1.88 bits per heavy atom. The smallest absolute Gasteiger partial charge is 0.266 e. The first-order valence-corrected chi connectivity index (χ1v) is 14.2. The average molecular weight is 500 g/mol. The van der Waals surface area contributed by atoms with Crippen molar-refractivity contribution in [1.29, 1.82) is 0 Å². The second-order valence-electron chi connectivity index (χ2n) is 9.17. The molecule has 0 bridgehead atoms. The van der Waals surface area contributed by atoms with Crippen molar-refractivity contribution in [2.75, 3.05) is 23.8 Å². The number of carbonyl (C=O) groups is 1. The molecule has 3 aromatic rings. The molecule has 180 valence electrons. The summed E-state index contributed by atoms with van der Waals surface area (Å²) in [6.45, 7) is 6.50. The van der Waals surface area contributed by atoms with Gasteiger partial charge >= 0.3 is 0 Å². The second-order valence-corrected chi connectivity index (χ2v) is 12.3. The molecule has 1 aliphatic rings. The highest BCUT2D eigenvalue weighted by Gasteiger charge is 2.35. The molecule has 9 heteroatoms. The minimum atomic E-state index is -3.11. The van der Waals surface area contributed by atoms with E-state index in [1.165, 1.54) is 11.8 Å². The first kappa shape index (κ1) is 24.5. The van der Waals surface area contributed by atoms with Gasteiger partial charge in [0.15, 0.2) is 15.0 Å². The van der Waals surface area contributed by atoms with Crippen LogP contribution in [0.15, 0.2) is 58.5 Å². The molecule has 2 heterocycles. The van der Waals surface area contributed by atoms with E-state index in [9.17, 15) is 18.0 Å². The lowest BCUT2D eigenvalue weighted by Gasteiger charge is -2.30. The Labute approximate surface area is 204 Å². The summed E-state index contributed by atoms with van der Waals surface area (Å²) < 4.78 is 25.6. The number of hydrogen-bond donors (Lipinski definition) is 0. The fourth-order valence-corrected chi connectivity index (χ4v) is 6.84. The number of nitrogens with zero attached hydrogens (tertiary/aromatic N) is 3. The average Bonchev–Trinajstić information content (AvgIpc) is 3.16. The number of para-hydroxylation sites is 1. The Balaban J connectivity index is 1.66. The Hall–Kier alpha value is -2.65. The Bertz CT molecular complexity index is 1370. The summed E-state index contributed by atoms with van der Waals surface area (Å²) in [6, 6.07) is 14.5. The van der Waals surface area contributed by atoms with Gasteiger partial charge in [-0.1, -0.05) is 55.4 Å². The third-order valence-electron chi connectivity index (χ3n) is 5.89. The molecular formula is C25H29N3O4S2. The zero-order chi connectivity index (χ0) is 24.5. The number of thioether (sulfide) groups is 1. The van der Waals surface area contributed by atoms with Crippen LogP contribution in [0.5, 0.6) is 0 Å². The fraction of sp³-hybridized carbons (Fsp3) is 0.400. The number of rotatable bonds is 7. The molecule has 0 N–H and O–H groups in total. The number of benzene rings is 2. The molecule has 1 fully saturated rings. The highest BCUT2D eigenvalue weighted by Crippen LogP contribution is 2.24. The SMILES string of the molecule is Cc1ccc(-n2c(SCC(=O)N(CC(C)C)C3CCS(=O)(=O)C3)nc3ccccc3c2=O)cc1. The predicted octanol–water partition coefficient (Wildman–Crippen LogP) is 3.46. The molecule has 1 aromatic heterocycles. The molecule has 1 amide bonds. The van der Waals surface area contributed by atoms with Crippen molar-refractivity contribution in [3.05, 3.63) is 64.4 Å². The fourth-order valence-electron chi connectivity index (χ4n) is 4.21. The van der Waals surface area contributed by atoms with Gasteiger partial charge in [-0.05, 0) is 43.5 Å². The highest BCUT2D eigenvalue weighted by atomic mass is 32.2. The van der Waals surface area contributed by atoms with Gasteiger partial charge in [0.2, 0.25) is 5.91 Å². The highest BCUT2D eigenvalue weighted by molar-refractivity contribution is 7.99. The summed E-state index contributed by atoms with van der Waals surface area (Å²) in [5.74, 6) is 0.268. The summed E-state index contributed by atoms with van der Waals surface area (Å²) in [5, 5.41) is 0.945. The van der Waals surface area contributed by atoms with E-state index in [0.717, 1.165) is 5.56 Å². The van der Waals surface area contributed by atoms with E-state index >= 15 is 0 Å². The number of aromatic nitrogens is 2. The van der Waals surface area contributed by atoms with Crippen molar-refractivity contribution in [3.63, 3.8) is 0 Å². The largest absolute Gasteiger partial charge is 0.338 e. The molecule has 0 radical (unpaired) electrons. The number of amides is 1. The monoisotopic (exact) mass is 499 g/mol. The maximum atomic E-state index is 13.4. The first-order chi connectivity index (χ1) is 16.1. The predicted molar refractivity (Wildman–Crippen MR) is 136 cm³/mol. The summed E-state index contributed by atoms with van der Waals surface area (Å²) in [5.41, 5.74) is 2.15. The molecule has 2 aromatic carbocycles. The van der Waals surface area contributed by atoms with Crippen molar-refractivity contribution in [1.82, 2.24) is 14.5 Å². The van der Waals surface area contributed by atoms with Gasteiger partial charge in [0.1, 0.15) is 0 Å². The van der Waals surface area contributed by atoms with E-state index < -0.39 is 9.84 Å². The molecular weight excluding hydrogens is 470 g/mol. The molecule has 0 aliphatic carbocycles. The minimum Gasteiger partial charge on any atom is -0.338 e. The Kier molecular flexibility index (Phi) is 7.14. The number of fused-ring (bicyclic) bond motifs is 1. The van der Waals surface area contributed by atoms with Crippen LogP contribution in [0.4, 0.5) is 0 Å². The molecule has 1 atom stereocenters. The van der Waals surface area contributed by atoms with E-state index in [4.69, 9.17) is 4.98 Å². The van der Waals surface area contributed by atoms with Crippen LogP contribution in [0.3, 0.4) is 0 Å². The van der Waals surface area contributed by atoms with E-state index in [1.54, 1.807) is 27.7 Å². The molecule has 0 saturated carbocycles. The van der Waals surface area contributed by atoms with Crippen LogP contribution in [-0.4, -0.2) is 58.6 Å². The quantitative estimate of drug-likeness (QED) is 0.365. The van der Waals surface area contributed by atoms with Gasteiger partial charge in [0.25, 0.3) is 5.56 Å². The normalized spacial score (nSPS) is 17.4. The third kappa shape index (κ3) is 5.36. The molecule has 1 aliphatic heterocycles. The van der Waals surface area contributed by atoms with Gasteiger partial charge in [0, 0.05) is 12.6 Å². The topological polar surface area (TPSA) is 89.3 Å². The van der Waals surface area contributed by atoms with Gasteiger partial charge in [-0.3, -0.25) is 14.2 Å². The molecule has 1 saturated heterocycles. The maximum Gasteiger partial charge on any atom is 0.266 e. The number of carbonyl (C=O) groups excluding carboxylic acids is 1. The molecule has 0 spiro atoms. The Morgan fingerprint density at radius 3 is 2.53 bits per heavy atom. The van der Waals surface area contributed by atoms with Crippen LogP contribution in [0.2, 0.25) is 0 Å².